The van der Waals surface area contributed by atoms with E-state index in [0.717, 1.165) is 16.4 Å². The molecule has 0 N–H and O–H groups in total. The van der Waals surface area contributed by atoms with Crippen molar-refractivity contribution in [3.8, 4) is 11.5 Å². The Bertz CT molecular complexity index is 741. The predicted molar refractivity (Wildman–Crippen MR) is 107 cm³/mol. The number of allylic oxidation sites excluding steroid dienone is 1. The van der Waals surface area contributed by atoms with Gasteiger partial charge in [0.2, 0.25) is 0 Å². The quantitative estimate of drug-likeness (QED) is 0.676. The van der Waals surface area contributed by atoms with Crippen LogP contribution in [0.4, 0.5) is 0 Å². The van der Waals surface area contributed by atoms with Crippen molar-refractivity contribution in [2.45, 2.75) is 18.2 Å². The van der Waals surface area contributed by atoms with Gasteiger partial charge in [-0.2, -0.15) is 0 Å². The fourth-order valence-electron chi connectivity index (χ4n) is 2.37. The van der Waals surface area contributed by atoms with Gasteiger partial charge in [-0.1, -0.05) is 12.1 Å². The van der Waals surface area contributed by atoms with Crippen molar-refractivity contribution in [2.75, 3.05) is 17.8 Å². The predicted octanol–water partition coefficient (Wildman–Crippen LogP) is 5.77. The van der Waals surface area contributed by atoms with Crippen molar-refractivity contribution in [2.24, 2.45) is 0 Å². The highest BCUT2D eigenvalue weighted by Crippen LogP contribution is 2.40. The van der Waals surface area contributed by atoms with Gasteiger partial charge in [-0.05, 0) is 72.4 Å². The molecule has 1 fully saturated rings. The molecular weight excluding hydrogens is 356 g/mol. The van der Waals surface area contributed by atoms with Gasteiger partial charge in [-0.3, -0.25) is 4.21 Å². The summed E-state index contributed by atoms with van der Waals surface area (Å²) in [6.07, 6.45) is 2.97. The van der Waals surface area contributed by atoms with Crippen LogP contribution in [0.5, 0.6) is 11.5 Å². The molecule has 1 heterocycles. The first kappa shape index (κ1) is 17.6. The zero-order chi connectivity index (χ0) is 16.9. The number of thioether (sulfide) groups is 2. The first-order chi connectivity index (χ1) is 11.6. The summed E-state index contributed by atoms with van der Waals surface area (Å²) in [4.78, 5) is 0.808. The second-order valence-electron chi connectivity index (χ2n) is 5.51. The summed E-state index contributed by atoms with van der Waals surface area (Å²) in [6, 6.07) is 15.6. The van der Waals surface area contributed by atoms with E-state index in [2.05, 4.69) is 19.1 Å². The fourth-order valence-corrected chi connectivity index (χ4v) is 5.53. The average Bonchev–Trinajstić information content (AvgIpc) is 2.63. The minimum absolute atomic E-state index is 0.755. The van der Waals surface area contributed by atoms with Crippen molar-refractivity contribution >= 4 is 39.9 Å². The molecule has 1 unspecified atom stereocenters. The molecule has 0 spiro atoms. The monoisotopic (exact) mass is 376 g/mol. The Morgan fingerprint density at radius 1 is 0.958 bits per heavy atom. The molecule has 1 aliphatic rings. The molecule has 3 rings (SSSR count). The Labute approximate surface area is 154 Å². The van der Waals surface area contributed by atoms with Crippen LogP contribution >= 0.6 is 23.5 Å². The van der Waals surface area contributed by atoms with Gasteiger partial charge in [0, 0.05) is 26.2 Å². The maximum Gasteiger partial charge on any atom is 0.127 e. The maximum absolute atomic E-state index is 11.4. The summed E-state index contributed by atoms with van der Waals surface area (Å²) < 4.78 is 18.7. The van der Waals surface area contributed by atoms with Crippen molar-refractivity contribution in [3.63, 3.8) is 0 Å². The molecular formula is C19H20O2S3. The molecule has 0 aromatic heterocycles. The first-order valence-electron chi connectivity index (χ1n) is 7.82. The SMILES string of the molecule is CC(=C1SCCCS1)c1ccc(Oc2ccc(S(C)=O)cc2)cc1. The van der Waals surface area contributed by atoms with E-state index in [9.17, 15) is 4.21 Å². The van der Waals surface area contributed by atoms with E-state index in [-0.39, 0.29) is 0 Å². The normalized spacial score (nSPS) is 15.8. The lowest BCUT2D eigenvalue weighted by molar-refractivity contribution is 0.482. The van der Waals surface area contributed by atoms with Crippen LogP contribution in [0.2, 0.25) is 0 Å². The molecule has 1 aliphatic heterocycles. The molecule has 2 aromatic carbocycles. The van der Waals surface area contributed by atoms with Gasteiger partial charge in [0.1, 0.15) is 11.5 Å². The lowest BCUT2D eigenvalue weighted by atomic mass is 10.1. The van der Waals surface area contributed by atoms with Gasteiger partial charge in [0.15, 0.2) is 0 Å². The van der Waals surface area contributed by atoms with E-state index in [1.807, 2.05) is 59.9 Å². The van der Waals surface area contributed by atoms with Gasteiger partial charge < -0.3 is 4.74 Å². The van der Waals surface area contributed by atoms with Crippen LogP contribution < -0.4 is 4.74 Å². The molecule has 1 atom stereocenters. The summed E-state index contributed by atoms with van der Waals surface area (Å²) >= 11 is 3.93. The lowest BCUT2D eigenvalue weighted by Crippen LogP contribution is -1.94. The second-order valence-corrected chi connectivity index (χ2v) is 9.36. The Morgan fingerprint density at radius 3 is 2.04 bits per heavy atom. The van der Waals surface area contributed by atoms with Gasteiger partial charge in [0.25, 0.3) is 0 Å². The molecule has 2 nitrogen and oxygen atoms in total. The summed E-state index contributed by atoms with van der Waals surface area (Å²) in [5.41, 5.74) is 2.60. The van der Waals surface area contributed by atoms with Gasteiger partial charge in [-0.15, -0.1) is 23.5 Å². The Hall–Kier alpha value is -1.17. The summed E-state index contributed by atoms with van der Waals surface area (Å²) in [7, 11) is -0.959. The molecule has 0 radical (unpaired) electrons. The van der Waals surface area contributed by atoms with E-state index in [0.29, 0.717) is 0 Å². The second kappa shape index (κ2) is 8.28. The minimum Gasteiger partial charge on any atom is -0.457 e. The number of hydrogen-bond donors (Lipinski definition) is 0. The molecule has 0 aliphatic carbocycles. The number of ether oxygens (including phenoxy) is 1. The molecule has 0 amide bonds. The van der Waals surface area contributed by atoms with E-state index in [1.165, 1.54) is 33.3 Å². The van der Waals surface area contributed by atoms with Gasteiger partial charge >= 0.3 is 0 Å². The van der Waals surface area contributed by atoms with E-state index >= 15 is 0 Å². The van der Waals surface area contributed by atoms with Crippen LogP contribution in [0.3, 0.4) is 0 Å². The topological polar surface area (TPSA) is 26.3 Å². The molecule has 24 heavy (non-hydrogen) atoms. The van der Waals surface area contributed by atoms with E-state index in [4.69, 9.17) is 4.74 Å². The molecule has 5 heteroatoms. The van der Waals surface area contributed by atoms with Crippen molar-refractivity contribution in [3.05, 3.63) is 58.3 Å². The third-order valence-electron chi connectivity index (χ3n) is 3.74. The van der Waals surface area contributed by atoms with Crippen LogP contribution in [0.25, 0.3) is 5.57 Å². The van der Waals surface area contributed by atoms with Gasteiger partial charge in [-0.25, -0.2) is 0 Å². The largest absolute Gasteiger partial charge is 0.457 e. The lowest BCUT2D eigenvalue weighted by Gasteiger charge is -2.16. The smallest absolute Gasteiger partial charge is 0.127 e. The zero-order valence-electron chi connectivity index (χ0n) is 13.8. The average molecular weight is 377 g/mol. The van der Waals surface area contributed by atoms with Crippen molar-refractivity contribution in [1.82, 2.24) is 0 Å². The summed E-state index contributed by atoms with van der Waals surface area (Å²) in [6.45, 7) is 2.19. The van der Waals surface area contributed by atoms with E-state index < -0.39 is 10.8 Å². The number of hydrogen-bond acceptors (Lipinski definition) is 4. The van der Waals surface area contributed by atoms with Crippen LogP contribution in [0.1, 0.15) is 18.9 Å². The highest BCUT2D eigenvalue weighted by molar-refractivity contribution is 8.23. The molecule has 2 aromatic rings. The first-order valence-corrected chi connectivity index (χ1v) is 11.3. The highest BCUT2D eigenvalue weighted by Gasteiger charge is 2.11. The minimum atomic E-state index is -0.959. The Morgan fingerprint density at radius 2 is 1.50 bits per heavy atom. The molecule has 0 saturated carbocycles. The van der Waals surface area contributed by atoms with Gasteiger partial charge in [0.05, 0.1) is 0 Å². The third kappa shape index (κ3) is 4.47. The van der Waals surface area contributed by atoms with Crippen LogP contribution in [0.15, 0.2) is 57.7 Å². The van der Waals surface area contributed by atoms with Crippen LogP contribution in [-0.2, 0) is 10.8 Å². The maximum atomic E-state index is 11.4. The fraction of sp³-hybridized carbons (Fsp3) is 0.263. The van der Waals surface area contributed by atoms with Crippen molar-refractivity contribution in [1.29, 1.82) is 0 Å². The number of benzene rings is 2. The summed E-state index contributed by atoms with van der Waals surface area (Å²) in [5, 5.41) is 0. The van der Waals surface area contributed by atoms with Crippen molar-refractivity contribution < 1.29 is 8.95 Å². The summed E-state index contributed by atoms with van der Waals surface area (Å²) in [5.74, 6) is 4.01. The van der Waals surface area contributed by atoms with Crippen LogP contribution in [-0.4, -0.2) is 22.0 Å². The third-order valence-corrected chi connectivity index (χ3v) is 7.51. The van der Waals surface area contributed by atoms with Crippen LogP contribution in [0, 0.1) is 0 Å². The standard InChI is InChI=1S/C19H20O2S3/c1-14(19-22-12-3-13-23-19)15-4-6-16(7-5-15)21-17-8-10-18(11-9-17)24(2)20/h4-11H,3,12-13H2,1-2H3. The van der Waals surface area contributed by atoms with E-state index in [1.54, 1.807) is 6.26 Å². The Kier molecular flexibility index (Phi) is 6.09. The molecule has 126 valence electrons. The molecule has 1 saturated heterocycles. The number of rotatable bonds is 4. The molecule has 0 bridgehead atoms. The zero-order valence-corrected chi connectivity index (χ0v) is 16.2. The highest BCUT2D eigenvalue weighted by atomic mass is 32.2. The Balaban J connectivity index is 1.71.